The van der Waals surface area contributed by atoms with E-state index < -0.39 is 6.03 Å². The Bertz CT molecular complexity index is 187. The van der Waals surface area contributed by atoms with Crippen molar-refractivity contribution in [3.8, 4) is 0 Å². The number of urea groups is 1. The number of nitrogens with zero attached hydrogens (tertiary/aromatic N) is 1. The second-order valence-electron chi connectivity index (χ2n) is 2.05. The Labute approximate surface area is 65.2 Å². The van der Waals surface area contributed by atoms with Crippen LogP contribution in [0, 0.1) is 11.3 Å². The third-order valence-electron chi connectivity index (χ3n) is 1.16. The van der Waals surface area contributed by atoms with Gasteiger partial charge in [0, 0.05) is 19.2 Å². The molecule has 0 aliphatic rings. The van der Waals surface area contributed by atoms with Gasteiger partial charge in [-0.2, -0.15) is 4.99 Å². The molecule has 0 heterocycles. The highest BCUT2D eigenvalue weighted by Crippen LogP contribution is 1.89. The molecular weight excluding hydrogens is 144 g/mol. The summed E-state index contributed by atoms with van der Waals surface area (Å²) in [5.74, 6) is -0.133. The monoisotopic (exact) mass is 156 g/mol. The molecule has 0 rings (SSSR count). The zero-order valence-electron chi connectivity index (χ0n) is 6.59. The maximum Gasteiger partial charge on any atom is 0.342 e. The number of aliphatic imine (C=N–C) groups is 1. The van der Waals surface area contributed by atoms with Gasteiger partial charge < -0.3 is 16.5 Å². The molecule has 0 saturated heterocycles. The fourth-order valence-electron chi connectivity index (χ4n) is 0.360. The van der Waals surface area contributed by atoms with Crippen LogP contribution in [0.4, 0.5) is 4.79 Å². The van der Waals surface area contributed by atoms with Gasteiger partial charge in [-0.3, -0.25) is 0 Å². The molecule has 1 unspecified atom stereocenters. The third-order valence-corrected chi connectivity index (χ3v) is 1.16. The van der Waals surface area contributed by atoms with Crippen LogP contribution in [-0.4, -0.2) is 25.1 Å². The molecule has 0 radical (unpaired) electrons. The first-order valence-corrected chi connectivity index (χ1v) is 3.18. The summed E-state index contributed by atoms with van der Waals surface area (Å²) in [4.78, 5) is 14.0. The van der Waals surface area contributed by atoms with Crippen molar-refractivity contribution >= 4 is 18.1 Å². The van der Waals surface area contributed by atoms with Gasteiger partial charge in [0.25, 0.3) is 0 Å². The van der Waals surface area contributed by atoms with Crippen LogP contribution in [0.1, 0.15) is 6.92 Å². The average Bonchev–Trinajstić information content (AvgIpc) is 2.02. The quantitative estimate of drug-likeness (QED) is 0.387. The van der Waals surface area contributed by atoms with Crippen LogP contribution in [0.2, 0.25) is 0 Å². The van der Waals surface area contributed by atoms with Gasteiger partial charge in [0.1, 0.15) is 5.84 Å². The minimum Gasteiger partial charge on any atom is -0.386 e. The van der Waals surface area contributed by atoms with E-state index in [0.29, 0.717) is 0 Å². The maximum absolute atomic E-state index is 10.6. The highest BCUT2D eigenvalue weighted by molar-refractivity contribution is 6.00. The maximum atomic E-state index is 10.6. The number of hydrogen-bond acceptors (Lipinski definition) is 2. The van der Waals surface area contributed by atoms with E-state index in [-0.39, 0.29) is 11.8 Å². The lowest BCUT2D eigenvalue weighted by atomic mass is 10.2. The Morgan fingerprint density at radius 1 is 1.82 bits per heavy atom. The van der Waals surface area contributed by atoms with Crippen LogP contribution in [0.5, 0.6) is 0 Å². The number of amidine groups is 1. The van der Waals surface area contributed by atoms with Crippen LogP contribution in [0.25, 0.3) is 0 Å². The summed E-state index contributed by atoms with van der Waals surface area (Å²) in [7, 11) is 1.47. The first-order valence-electron chi connectivity index (χ1n) is 3.18. The Morgan fingerprint density at radius 3 is 2.73 bits per heavy atom. The van der Waals surface area contributed by atoms with Gasteiger partial charge in [-0.1, -0.05) is 6.92 Å². The van der Waals surface area contributed by atoms with E-state index in [0.717, 1.165) is 6.21 Å². The van der Waals surface area contributed by atoms with Crippen molar-refractivity contribution in [3.63, 3.8) is 0 Å². The highest BCUT2D eigenvalue weighted by atomic mass is 16.2. The van der Waals surface area contributed by atoms with Crippen molar-refractivity contribution in [2.24, 2.45) is 16.6 Å². The molecule has 0 aromatic carbocycles. The molecule has 11 heavy (non-hydrogen) atoms. The molecule has 5 nitrogen and oxygen atoms in total. The molecule has 0 aromatic heterocycles. The first kappa shape index (κ1) is 9.61. The molecule has 0 saturated carbocycles. The van der Waals surface area contributed by atoms with Crippen molar-refractivity contribution < 1.29 is 4.79 Å². The summed E-state index contributed by atoms with van der Waals surface area (Å²) in [5.41, 5.74) is 5.34. The van der Waals surface area contributed by atoms with Crippen LogP contribution < -0.4 is 11.1 Å². The Balaban J connectivity index is 4.20. The fourth-order valence-corrected chi connectivity index (χ4v) is 0.360. The second-order valence-corrected chi connectivity index (χ2v) is 2.05. The summed E-state index contributed by atoms with van der Waals surface area (Å²) in [5, 5.41) is 9.12. The number of carbonyl (C=O) groups is 1. The Morgan fingerprint density at radius 2 is 2.36 bits per heavy atom. The number of amides is 2. The van der Waals surface area contributed by atoms with Crippen molar-refractivity contribution in [2.75, 3.05) is 7.05 Å². The Kier molecular flexibility index (Phi) is 3.87. The normalized spacial score (nSPS) is 13.8. The van der Waals surface area contributed by atoms with E-state index >= 15 is 0 Å². The first-order chi connectivity index (χ1) is 5.11. The van der Waals surface area contributed by atoms with E-state index in [1.807, 2.05) is 0 Å². The van der Waals surface area contributed by atoms with Gasteiger partial charge in [-0.05, 0) is 0 Å². The number of nitrogens with one attached hydrogen (secondary N) is 2. The van der Waals surface area contributed by atoms with E-state index in [4.69, 9.17) is 11.1 Å². The summed E-state index contributed by atoms with van der Waals surface area (Å²) < 4.78 is 0. The predicted octanol–water partition coefficient (Wildman–Crippen LogP) is -0.0313. The molecule has 4 N–H and O–H groups in total. The summed E-state index contributed by atoms with van der Waals surface area (Å²) in [6, 6.07) is -0.490. The van der Waals surface area contributed by atoms with Crippen molar-refractivity contribution in [3.05, 3.63) is 0 Å². The Hall–Kier alpha value is -1.39. The topological polar surface area (TPSA) is 91.3 Å². The average molecular weight is 156 g/mol. The summed E-state index contributed by atoms with van der Waals surface area (Å²) in [6.45, 7) is 1.69. The van der Waals surface area contributed by atoms with Gasteiger partial charge in [-0.25, -0.2) is 4.79 Å². The fraction of sp³-hybridized carbons (Fsp3) is 0.500. The standard InChI is InChI=1S/C6H12N4O/c1-4(3-7)5(8)10-6(11)9-2/h3-4,7H,1-2H3,(H3,8,9,10,11). The largest absolute Gasteiger partial charge is 0.386 e. The zero-order valence-corrected chi connectivity index (χ0v) is 6.59. The van der Waals surface area contributed by atoms with E-state index in [1.165, 1.54) is 7.05 Å². The molecule has 0 spiro atoms. The molecule has 0 fully saturated rings. The predicted molar refractivity (Wildman–Crippen MR) is 44.0 cm³/mol. The van der Waals surface area contributed by atoms with Crippen molar-refractivity contribution in [2.45, 2.75) is 6.92 Å². The lowest BCUT2D eigenvalue weighted by molar-refractivity contribution is 0.251. The van der Waals surface area contributed by atoms with Crippen LogP contribution >= 0.6 is 0 Å². The lowest BCUT2D eigenvalue weighted by Crippen LogP contribution is -2.26. The zero-order chi connectivity index (χ0) is 8.85. The van der Waals surface area contributed by atoms with Crippen LogP contribution in [-0.2, 0) is 0 Å². The van der Waals surface area contributed by atoms with Gasteiger partial charge in [0.05, 0.1) is 0 Å². The second kappa shape index (κ2) is 4.43. The molecular formula is C6H12N4O. The minimum absolute atomic E-state index is 0.152. The molecule has 1 atom stereocenters. The molecule has 5 heteroatoms. The van der Waals surface area contributed by atoms with Gasteiger partial charge in [0.2, 0.25) is 0 Å². The van der Waals surface area contributed by atoms with Crippen LogP contribution in [0.3, 0.4) is 0 Å². The number of nitrogens with two attached hydrogens (primary N) is 1. The van der Waals surface area contributed by atoms with E-state index in [1.54, 1.807) is 6.92 Å². The molecule has 0 bridgehead atoms. The molecule has 62 valence electrons. The van der Waals surface area contributed by atoms with Crippen molar-refractivity contribution in [1.29, 1.82) is 5.41 Å². The van der Waals surface area contributed by atoms with Crippen molar-refractivity contribution in [1.82, 2.24) is 5.32 Å². The molecule has 0 aliphatic heterocycles. The highest BCUT2D eigenvalue weighted by Gasteiger charge is 2.03. The lowest BCUT2D eigenvalue weighted by Gasteiger charge is -2.01. The smallest absolute Gasteiger partial charge is 0.342 e. The van der Waals surface area contributed by atoms with E-state index in [2.05, 4.69) is 10.3 Å². The van der Waals surface area contributed by atoms with Gasteiger partial charge in [-0.15, -0.1) is 0 Å². The van der Waals surface area contributed by atoms with Gasteiger partial charge in [0.15, 0.2) is 0 Å². The van der Waals surface area contributed by atoms with E-state index in [9.17, 15) is 4.79 Å². The number of rotatable bonds is 2. The molecule has 0 aromatic rings. The summed E-state index contributed by atoms with van der Waals surface area (Å²) >= 11 is 0. The third kappa shape index (κ3) is 3.34. The number of hydrogen-bond donors (Lipinski definition) is 3. The molecule has 2 amide bonds. The van der Waals surface area contributed by atoms with Crippen LogP contribution in [0.15, 0.2) is 4.99 Å². The number of carbonyl (C=O) groups excluding carboxylic acids is 1. The summed E-state index contributed by atoms with van der Waals surface area (Å²) in [6.07, 6.45) is 1.13. The molecule has 0 aliphatic carbocycles. The SMILES string of the molecule is CNC(=O)N=C(N)C(C)C=N. The van der Waals surface area contributed by atoms with Gasteiger partial charge >= 0.3 is 6.03 Å². The minimum atomic E-state index is -0.490.